The largest absolute Gasteiger partial charge is 0.352 e. The summed E-state index contributed by atoms with van der Waals surface area (Å²) in [7, 11) is 0. The molecular formula is C14H12N2OS2. The molecule has 0 fully saturated rings. The molecule has 0 saturated carbocycles. The summed E-state index contributed by atoms with van der Waals surface area (Å²) >= 11 is 3.22. The maximum atomic E-state index is 11.7. The Morgan fingerprint density at radius 1 is 1.26 bits per heavy atom. The molecule has 3 nitrogen and oxygen atoms in total. The number of rotatable bonds is 4. The normalized spacial score (nSPS) is 10.7. The lowest BCUT2D eigenvalue weighted by molar-refractivity contribution is 0.0954. The van der Waals surface area contributed by atoms with Crippen LogP contribution in [0.25, 0.3) is 10.2 Å². The van der Waals surface area contributed by atoms with Gasteiger partial charge in [0.1, 0.15) is 0 Å². The number of thiophene rings is 1. The van der Waals surface area contributed by atoms with Crippen LogP contribution in [0.5, 0.6) is 0 Å². The van der Waals surface area contributed by atoms with Crippen molar-refractivity contribution in [3.05, 3.63) is 51.7 Å². The van der Waals surface area contributed by atoms with E-state index >= 15 is 0 Å². The van der Waals surface area contributed by atoms with Crippen molar-refractivity contribution in [1.29, 1.82) is 0 Å². The van der Waals surface area contributed by atoms with E-state index in [4.69, 9.17) is 0 Å². The highest BCUT2D eigenvalue weighted by Gasteiger charge is 2.06. The van der Waals surface area contributed by atoms with Gasteiger partial charge in [0.2, 0.25) is 0 Å². The zero-order valence-corrected chi connectivity index (χ0v) is 11.8. The Morgan fingerprint density at radius 2 is 2.16 bits per heavy atom. The molecule has 0 bridgehead atoms. The summed E-state index contributed by atoms with van der Waals surface area (Å²) in [6, 6.07) is 9.92. The van der Waals surface area contributed by atoms with Crippen LogP contribution in [-0.4, -0.2) is 17.4 Å². The van der Waals surface area contributed by atoms with Gasteiger partial charge >= 0.3 is 0 Å². The molecule has 0 radical (unpaired) electrons. The van der Waals surface area contributed by atoms with Crippen molar-refractivity contribution in [2.45, 2.75) is 6.42 Å². The Kier molecular flexibility index (Phi) is 3.57. The van der Waals surface area contributed by atoms with E-state index in [0.29, 0.717) is 6.54 Å². The van der Waals surface area contributed by atoms with Gasteiger partial charge in [-0.2, -0.15) is 11.3 Å². The SMILES string of the molecule is O=C(NCCc1nc2ccccc2s1)c1ccsc1. The van der Waals surface area contributed by atoms with Crippen molar-refractivity contribution in [2.75, 3.05) is 6.54 Å². The minimum atomic E-state index is -0.0117. The number of carbonyl (C=O) groups is 1. The molecule has 1 aromatic carbocycles. The Balaban J connectivity index is 1.59. The second-order valence-electron chi connectivity index (χ2n) is 4.09. The molecule has 0 saturated heterocycles. The van der Waals surface area contributed by atoms with E-state index in [0.717, 1.165) is 22.5 Å². The predicted molar refractivity (Wildman–Crippen MR) is 80.0 cm³/mol. The van der Waals surface area contributed by atoms with Gasteiger partial charge in [-0.05, 0) is 23.6 Å². The highest BCUT2D eigenvalue weighted by atomic mass is 32.1. The fourth-order valence-electron chi connectivity index (χ4n) is 1.81. The van der Waals surface area contributed by atoms with Crippen molar-refractivity contribution in [3.63, 3.8) is 0 Å². The van der Waals surface area contributed by atoms with E-state index in [-0.39, 0.29) is 5.91 Å². The van der Waals surface area contributed by atoms with Crippen LogP contribution in [0.4, 0.5) is 0 Å². The maximum Gasteiger partial charge on any atom is 0.252 e. The molecule has 5 heteroatoms. The molecule has 96 valence electrons. The number of aromatic nitrogens is 1. The molecule has 0 aliphatic carbocycles. The smallest absolute Gasteiger partial charge is 0.252 e. The summed E-state index contributed by atoms with van der Waals surface area (Å²) in [5.41, 5.74) is 1.76. The summed E-state index contributed by atoms with van der Waals surface area (Å²) < 4.78 is 1.20. The standard InChI is InChI=1S/C14H12N2OS2/c17-14(10-6-8-18-9-10)15-7-5-13-16-11-3-1-2-4-12(11)19-13/h1-4,6,8-9H,5,7H2,(H,15,17). The molecule has 0 atom stereocenters. The quantitative estimate of drug-likeness (QED) is 0.800. The van der Waals surface area contributed by atoms with Gasteiger partial charge in [-0.15, -0.1) is 11.3 Å². The summed E-state index contributed by atoms with van der Waals surface area (Å²) in [5, 5.41) is 7.73. The number of hydrogen-bond donors (Lipinski definition) is 1. The van der Waals surface area contributed by atoms with Gasteiger partial charge in [0, 0.05) is 23.9 Å². The lowest BCUT2D eigenvalue weighted by Gasteiger charge is -2.01. The van der Waals surface area contributed by atoms with Gasteiger partial charge < -0.3 is 5.32 Å². The molecule has 2 heterocycles. The number of para-hydroxylation sites is 1. The van der Waals surface area contributed by atoms with E-state index in [1.54, 1.807) is 11.3 Å². The third-order valence-corrected chi connectivity index (χ3v) is 4.53. The Bertz CT molecular complexity index is 655. The lowest BCUT2D eigenvalue weighted by Crippen LogP contribution is -2.25. The zero-order chi connectivity index (χ0) is 13.1. The van der Waals surface area contributed by atoms with Crippen LogP contribution in [0.15, 0.2) is 41.1 Å². The second-order valence-corrected chi connectivity index (χ2v) is 5.99. The first-order valence-electron chi connectivity index (χ1n) is 5.98. The van der Waals surface area contributed by atoms with E-state index in [1.165, 1.54) is 16.0 Å². The first kappa shape index (κ1) is 12.3. The monoisotopic (exact) mass is 288 g/mol. The van der Waals surface area contributed by atoms with Crippen molar-refractivity contribution in [2.24, 2.45) is 0 Å². The molecule has 19 heavy (non-hydrogen) atoms. The Morgan fingerprint density at radius 3 is 2.95 bits per heavy atom. The van der Waals surface area contributed by atoms with Gasteiger partial charge in [0.15, 0.2) is 0 Å². The van der Waals surface area contributed by atoms with Crippen LogP contribution >= 0.6 is 22.7 Å². The van der Waals surface area contributed by atoms with Gasteiger partial charge in [-0.1, -0.05) is 12.1 Å². The topological polar surface area (TPSA) is 42.0 Å². The minimum absolute atomic E-state index is 0.0117. The molecule has 2 aromatic heterocycles. The predicted octanol–water partition coefficient (Wildman–Crippen LogP) is 3.33. The summed E-state index contributed by atoms with van der Waals surface area (Å²) in [4.78, 5) is 16.3. The Hall–Kier alpha value is -1.72. The van der Waals surface area contributed by atoms with Gasteiger partial charge in [0.05, 0.1) is 15.2 Å². The molecule has 3 rings (SSSR count). The van der Waals surface area contributed by atoms with Crippen LogP contribution in [0.1, 0.15) is 15.4 Å². The number of hydrogen-bond acceptors (Lipinski definition) is 4. The zero-order valence-electron chi connectivity index (χ0n) is 10.1. The summed E-state index contributed by atoms with van der Waals surface area (Å²) in [6.07, 6.45) is 0.773. The van der Waals surface area contributed by atoms with Gasteiger partial charge in [-0.3, -0.25) is 4.79 Å². The first-order valence-corrected chi connectivity index (χ1v) is 7.74. The molecule has 0 unspecified atom stereocenters. The van der Waals surface area contributed by atoms with Crippen molar-refractivity contribution >= 4 is 38.8 Å². The van der Waals surface area contributed by atoms with Crippen molar-refractivity contribution < 1.29 is 4.79 Å². The van der Waals surface area contributed by atoms with Crippen LogP contribution < -0.4 is 5.32 Å². The molecular weight excluding hydrogens is 276 g/mol. The van der Waals surface area contributed by atoms with Crippen molar-refractivity contribution in [1.82, 2.24) is 10.3 Å². The highest BCUT2D eigenvalue weighted by molar-refractivity contribution is 7.18. The molecule has 1 amide bonds. The van der Waals surface area contributed by atoms with Crippen molar-refractivity contribution in [3.8, 4) is 0 Å². The number of fused-ring (bicyclic) bond motifs is 1. The number of carbonyl (C=O) groups excluding carboxylic acids is 1. The average molecular weight is 288 g/mol. The van der Waals surface area contributed by atoms with E-state index in [9.17, 15) is 4.79 Å². The van der Waals surface area contributed by atoms with Gasteiger partial charge in [0.25, 0.3) is 5.91 Å². The molecule has 1 N–H and O–H groups in total. The number of nitrogens with zero attached hydrogens (tertiary/aromatic N) is 1. The Labute approximate surface area is 118 Å². The van der Waals surface area contributed by atoms with Crippen LogP contribution in [0.3, 0.4) is 0 Å². The first-order chi connectivity index (χ1) is 9.33. The summed E-state index contributed by atoms with van der Waals surface area (Å²) in [6.45, 7) is 0.620. The van der Waals surface area contributed by atoms with E-state index in [1.807, 2.05) is 35.0 Å². The summed E-state index contributed by atoms with van der Waals surface area (Å²) in [5.74, 6) is -0.0117. The lowest BCUT2D eigenvalue weighted by atomic mass is 10.3. The highest BCUT2D eigenvalue weighted by Crippen LogP contribution is 2.21. The fourth-order valence-corrected chi connectivity index (χ4v) is 3.41. The maximum absolute atomic E-state index is 11.7. The van der Waals surface area contributed by atoms with E-state index < -0.39 is 0 Å². The fraction of sp³-hybridized carbons (Fsp3) is 0.143. The minimum Gasteiger partial charge on any atom is -0.352 e. The second kappa shape index (κ2) is 5.50. The molecule has 0 aliphatic heterocycles. The number of benzene rings is 1. The molecule has 3 aromatic rings. The number of thiazole rings is 1. The van der Waals surface area contributed by atoms with Crippen LogP contribution in [0.2, 0.25) is 0 Å². The average Bonchev–Trinajstić information content (AvgIpc) is 3.07. The molecule has 0 aliphatic rings. The van der Waals surface area contributed by atoms with Crippen LogP contribution in [0, 0.1) is 0 Å². The third kappa shape index (κ3) is 2.83. The van der Waals surface area contributed by atoms with Crippen LogP contribution in [-0.2, 0) is 6.42 Å². The van der Waals surface area contributed by atoms with E-state index in [2.05, 4.69) is 16.4 Å². The van der Waals surface area contributed by atoms with Gasteiger partial charge in [-0.25, -0.2) is 4.98 Å². The number of nitrogens with one attached hydrogen (secondary N) is 1. The molecule has 0 spiro atoms. The third-order valence-electron chi connectivity index (χ3n) is 2.75. The number of amides is 1.